The Morgan fingerprint density at radius 1 is 0.800 bits per heavy atom. The van der Waals surface area contributed by atoms with Crippen LogP contribution in [0, 0.1) is 11.6 Å². The molecule has 0 unspecified atom stereocenters. The fraction of sp³-hybridized carbons (Fsp3) is 0.0526. The van der Waals surface area contributed by atoms with Gasteiger partial charge in [0.15, 0.2) is 0 Å². The zero-order valence-corrected chi connectivity index (χ0v) is 13.9. The van der Waals surface area contributed by atoms with Crippen LogP contribution >= 0.6 is 0 Å². The minimum atomic E-state index is -4.14. The molecule has 0 atom stereocenters. The second-order valence-corrected chi connectivity index (χ2v) is 7.19. The zero-order valence-electron chi connectivity index (χ0n) is 13.1. The molecule has 0 saturated carbocycles. The Kier molecular flexibility index (Phi) is 4.81. The summed E-state index contributed by atoms with van der Waals surface area (Å²) in [4.78, 5) is -0.595. The number of anilines is 1. The van der Waals surface area contributed by atoms with Crippen molar-refractivity contribution in [2.45, 2.75) is 11.3 Å². The molecular formula is C19H15F2NO2S. The first-order valence-electron chi connectivity index (χ1n) is 7.55. The largest absolute Gasteiger partial charge is 0.280 e. The van der Waals surface area contributed by atoms with Crippen molar-refractivity contribution >= 4 is 15.7 Å². The molecule has 3 rings (SSSR count). The van der Waals surface area contributed by atoms with Crippen molar-refractivity contribution in [2.24, 2.45) is 0 Å². The first-order chi connectivity index (χ1) is 11.9. The van der Waals surface area contributed by atoms with Crippen LogP contribution in [0.4, 0.5) is 14.5 Å². The van der Waals surface area contributed by atoms with Gasteiger partial charge in [-0.15, -0.1) is 0 Å². The summed E-state index contributed by atoms with van der Waals surface area (Å²) in [5, 5.41) is 0. The first-order valence-corrected chi connectivity index (χ1v) is 9.03. The summed E-state index contributed by atoms with van der Waals surface area (Å²) in [6.07, 6.45) is 0.640. The van der Waals surface area contributed by atoms with E-state index in [1.165, 1.54) is 0 Å². The fourth-order valence-electron chi connectivity index (χ4n) is 2.48. The third-order valence-electron chi connectivity index (χ3n) is 3.61. The van der Waals surface area contributed by atoms with Gasteiger partial charge in [-0.05, 0) is 41.8 Å². The highest BCUT2D eigenvalue weighted by molar-refractivity contribution is 7.92. The lowest BCUT2D eigenvalue weighted by molar-refractivity contribution is 0.551. The van der Waals surface area contributed by atoms with E-state index in [0.29, 0.717) is 18.2 Å². The molecule has 0 aliphatic carbocycles. The monoisotopic (exact) mass is 359 g/mol. The van der Waals surface area contributed by atoms with E-state index >= 15 is 0 Å². The van der Waals surface area contributed by atoms with Crippen molar-refractivity contribution in [3.05, 3.63) is 95.6 Å². The Morgan fingerprint density at radius 2 is 1.52 bits per heavy atom. The summed E-state index contributed by atoms with van der Waals surface area (Å²) in [7, 11) is -4.14. The van der Waals surface area contributed by atoms with Crippen LogP contribution in [-0.4, -0.2) is 8.42 Å². The van der Waals surface area contributed by atoms with Crippen LogP contribution in [-0.2, 0) is 16.4 Å². The van der Waals surface area contributed by atoms with E-state index < -0.39 is 26.6 Å². The predicted octanol–water partition coefficient (Wildman–Crippen LogP) is 4.36. The standard InChI is InChI=1S/C19H15F2NO2S/c20-16-9-10-19(18(21)13-16)25(23,24)22-17-8-4-7-15(12-17)11-14-5-2-1-3-6-14/h1-10,12-13,22H,11H2. The maximum atomic E-state index is 13.8. The minimum Gasteiger partial charge on any atom is -0.280 e. The lowest BCUT2D eigenvalue weighted by Gasteiger charge is -2.10. The van der Waals surface area contributed by atoms with Crippen molar-refractivity contribution in [1.29, 1.82) is 0 Å². The highest BCUT2D eigenvalue weighted by Gasteiger charge is 2.19. The fourth-order valence-corrected chi connectivity index (χ4v) is 3.59. The van der Waals surface area contributed by atoms with Crippen LogP contribution in [0.3, 0.4) is 0 Å². The van der Waals surface area contributed by atoms with Gasteiger partial charge in [-0.1, -0.05) is 42.5 Å². The van der Waals surface area contributed by atoms with Crippen molar-refractivity contribution < 1.29 is 17.2 Å². The second-order valence-electron chi connectivity index (χ2n) is 5.54. The third kappa shape index (κ3) is 4.22. The van der Waals surface area contributed by atoms with Gasteiger partial charge in [-0.25, -0.2) is 17.2 Å². The topological polar surface area (TPSA) is 46.2 Å². The van der Waals surface area contributed by atoms with E-state index in [-0.39, 0.29) is 0 Å². The second kappa shape index (κ2) is 7.03. The van der Waals surface area contributed by atoms with Crippen LogP contribution in [0.5, 0.6) is 0 Å². The number of hydrogen-bond acceptors (Lipinski definition) is 2. The van der Waals surface area contributed by atoms with Gasteiger partial charge in [0.05, 0.1) is 0 Å². The quantitative estimate of drug-likeness (QED) is 0.736. The van der Waals surface area contributed by atoms with E-state index in [2.05, 4.69) is 4.72 Å². The molecule has 1 N–H and O–H groups in total. The summed E-state index contributed by atoms with van der Waals surface area (Å²) in [5.74, 6) is -1.96. The van der Waals surface area contributed by atoms with Crippen LogP contribution in [0.1, 0.15) is 11.1 Å². The molecule has 3 aromatic carbocycles. The SMILES string of the molecule is O=S(=O)(Nc1cccc(Cc2ccccc2)c1)c1ccc(F)cc1F. The van der Waals surface area contributed by atoms with Gasteiger partial charge in [-0.3, -0.25) is 4.72 Å². The summed E-state index contributed by atoms with van der Waals surface area (Å²) in [6.45, 7) is 0. The van der Waals surface area contributed by atoms with Gasteiger partial charge < -0.3 is 0 Å². The number of benzene rings is 3. The number of nitrogens with one attached hydrogen (secondary N) is 1. The van der Waals surface area contributed by atoms with Crippen LogP contribution in [0.2, 0.25) is 0 Å². The zero-order chi connectivity index (χ0) is 17.9. The number of rotatable bonds is 5. The molecule has 0 heterocycles. The summed E-state index contributed by atoms with van der Waals surface area (Å²) < 4.78 is 53.7. The lowest BCUT2D eigenvalue weighted by atomic mass is 10.0. The van der Waals surface area contributed by atoms with Crippen molar-refractivity contribution in [3.63, 3.8) is 0 Å². The van der Waals surface area contributed by atoms with Gasteiger partial charge in [0.25, 0.3) is 10.0 Å². The van der Waals surface area contributed by atoms with Gasteiger partial charge in [0.2, 0.25) is 0 Å². The van der Waals surface area contributed by atoms with Gasteiger partial charge >= 0.3 is 0 Å². The molecule has 0 bridgehead atoms. The maximum Gasteiger partial charge on any atom is 0.264 e. The highest BCUT2D eigenvalue weighted by Crippen LogP contribution is 2.21. The molecule has 25 heavy (non-hydrogen) atoms. The van der Waals surface area contributed by atoms with Crippen molar-refractivity contribution in [1.82, 2.24) is 0 Å². The number of halogens is 2. The first kappa shape index (κ1) is 17.1. The average molecular weight is 359 g/mol. The van der Waals surface area contributed by atoms with Crippen molar-refractivity contribution in [3.8, 4) is 0 Å². The van der Waals surface area contributed by atoms with E-state index in [1.807, 2.05) is 36.4 Å². The van der Waals surface area contributed by atoms with Crippen LogP contribution in [0.25, 0.3) is 0 Å². The molecule has 0 radical (unpaired) electrons. The third-order valence-corrected chi connectivity index (χ3v) is 5.03. The summed E-state index contributed by atoms with van der Waals surface area (Å²) >= 11 is 0. The Hall–Kier alpha value is -2.73. The van der Waals surface area contributed by atoms with E-state index in [9.17, 15) is 17.2 Å². The van der Waals surface area contributed by atoms with Crippen molar-refractivity contribution in [2.75, 3.05) is 4.72 Å². The summed E-state index contributed by atoms with van der Waals surface area (Å²) in [6, 6.07) is 18.9. The van der Waals surface area contributed by atoms with E-state index in [0.717, 1.165) is 23.3 Å². The van der Waals surface area contributed by atoms with E-state index in [1.54, 1.807) is 18.2 Å². The van der Waals surface area contributed by atoms with Gasteiger partial charge in [-0.2, -0.15) is 0 Å². The minimum absolute atomic E-state index is 0.317. The normalized spacial score (nSPS) is 11.3. The molecule has 0 spiro atoms. The maximum absolute atomic E-state index is 13.8. The Morgan fingerprint density at radius 3 is 2.24 bits per heavy atom. The summed E-state index contributed by atoms with van der Waals surface area (Å²) in [5.41, 5.74) is 2.32. The molecule has 0 aliphatic heterocycles. The average Bonchev–Trinajstić information content (AvgIpc) is 2.55. The molecule has 0 fully saturated rings. The van der Waals surface area contributed by atoms with E-state index in [4.69, 9.17) is 0 Å². The molecule has 0 saturated heterocycles. The molecule has 0 aliphatic rings. The Labute approximate surface area is 145 Å². The molecule has 0 aromatic heterocycles. The lowest BCUT2D eigenvalue weighted by Crippen LogP contribution is -2.14. The van der Waals surface area contributed by atoms with Crippen LogP contribution in [0.15, 0.2) is 77.7 Å². The highest BCUT2D eigenvalue weighted by atomic mass is 32.2. The van der Waals surface area contributed by atoms with Gasteiger partial charge in [0, 0.05) is 11.8 Å². The van der Waals surface area contributed by atoms with Crippen LogP contribution < -0.4 is 4.72 Å². The Bertz CT molecular complexity index is 989. The molecule has 6 heteroatoms. The molecular weight excluding hydrogens is 344 g/mol. The van der Waals surface area contributed by atoms with Gasteiger partial charge in [0.1, 0.15) is 16.5 Å². The smallest absolute Gasteiger partial charge is 0.264 e. The predicted molar refractivity (Wildman–Crippen MR) is 92.9 cm³/mol. The number of sulfonamides is 1. The molecule has 128 valence electrons. The Balaban J connectivity index is 1.84. The molecule has 3 nitrogen and oxygen atoms in total. The molecule has 3 aromatic rings. The number of hydrogen-bond donors (Lipinski definition) is 1. The molecule has 0 amide bonds.